The Morgan fingerprint density at radius 2 is 1.81 bits per heavy atom. The van der Waals surface area contributed by atoms with Gasteiger partial charge in [-0.1, -0.05) is 12.1 Å². The molecule has 0 aliphatic rings. The van der Waals surface area contributed by atoms with Crippen LogP contribution in [0, 0.1) is 5.82 Å². The predicted molar refractivity (Wildman–Crippen MR) is 99.6 cm³/mol. The molecule has 1 unspecified atom stereocenters. The van der Waals surface area contributed by atoms with Crippen LogP contribution in [0.15, 0.2) is 48.5 Å². The van der Waals surface area contributed by atoms with Gasteiger partial charge < -0.3 is 10.1 Å². The third-order valence-corrected chi connectivity index (χ3v) is 4.94. The zero-order chi connectivity index (χ0) is 20.2. The number of carbonyl (C=O) groups excluding carboxylic acids is 2. The molecule has 0 radical (unpaired) electrons. The van der Waals surface area contributed by atoms with Crippen LogP contribution in [-0.2, 0) is 19.6 Å². The highest BCUT2D eigenvalue weighted by Gasteiger charge is 2.29. The van der Waals surface area contributed by atoms with E-state index in [-0.39, 0.29) is 11.3 Å². The van der Waals surface area contributed by atoms with E-state index in [0.717, 1.165) is 16.6 Å². The summed E-state index contributed by atoms with van der Waals surface area (Å²) in [5, 5.41) is 2.55. The molecule has 1 amide bonds. The lowest BCUT2D eigenvalue weighted by Gasteiger charge is -2.28. The molecule has 144 valence electrons. The van der Waals surface area contributed by atoms with Crippen molar-refractivity contribution in [3.05, 3.63) is 59.9 Å². The zero-order valence-corrected chi connectivity index (χ0v) is 15.8. The summed E-state index contributed by atoms with van der Waals surface area (Å²) in [6.45, 7) is 1.38. The van der Waals surface area contributed by atoms with Crippen LogP contribution < -0.4 is 9.62 Å². The van der Waals surface area contributed by atoms with E-state index in [1.54, 1.807) is 12.1 Å². The lowest BCUT2D eigenvalue weighted by atomic mass is 10.2. The summed E-state index contributed by atoms with van der Waals surface area (Å²) in [5.74, 6) is -1.84. The van der Waals surface area contributed by atoms with Crippen LogP contribution in [0.5, 0.6) is 0 Å². The summed E-state index contributed by atoms with van der Waals surface area (Å²) < 4.78 is 43.3. The highest BCUT2D eigenvalue weighted by atomic mass is 32.2. The van der Waals surface area contributed by atoms with Crippen LogP contribution in [0.2, 0.25) is 0 Å². The molecule has 0 fully saturated rings. The topological polar surface area (TPSA) is 92.8 Å². The molecule has 1 atom stereocenters. The summed E-state index contributed by atoms with van der Waals surface area (Å²) in [6.07, 6.45) is 0.930. The van der Waals surface area contributed by atoms with E-state index < -0.39 is 33.8 Å². The molecule has 2 aromatic carbocycles. The van der Waals surface area contributed by atoms with Gasteiger partial charge in [0, 0.05) is 5.69 Å². The fraction of sp³-hybridized carbons (Fsp3) is 0.222. The molecule has 2 rings (SSSR count). The molecular formula is C18H19FN2O5S. The van der Waals surface area contributed by atoms with Gasteiger partial charge in [0.2, 0.25) is 15.9 Å². The molecule has 0 aromatic heterocycles. The first-order chi connectivity index (χ1) is 12.6. The number of anilines is 2. The number of halogens is 1. The largest absolute Gasteiger partial charge is 0.465 e. The summed E-state index contributed by atoms with van der Waals surface area (Å²) in [6, 6.07) is 9.81. The maximum Gasteiger partial charge on any atom is 0.337 e. The van der Waals surface area contributed by atoms with E-state index in [1.165, 1.54) is 44.4 Å². The van der Waals surface area contributed by atoms with E-state index in [2.05, 4.69) is 10.1 Å². The number of hydrogen-bond donors (Lipinski definition) is 1. The molecule has 0 saturated heterocycles. The average Bonchev–Trinajstić information content (AvgIpc) is 2.60. The standard InChI is InChI=1S/C18H19FN2O5S/c1-12(21(27(3,24)25)16-9-5-7-14(19)11-16)17(22)20-15-8-4-6-13(10-15)18(23)26-2/h4-12H,1-3H3,(H,20,22). The molecule has 0 spiro atoms. The highest BCUT2D eigenvalue weighted by Crippen LogP contribution is 2.22. The summed E-state index contributed by atoms with van der Waals surface area (Å²) in [4.78, 5) is 24.2. The third-order valence-electron chi connectivity index (χ3n) is 3.70. The molecule has 9 heteroatoms. The van der Waals surface area contributed by atoms with E-state index in [4.69, 9.17) is 0 Å². The van der Waals surface area contributed by atoms with Gasteiger partial charge in [-0.2, -0.15) is 0 Å². The maximum atomic E-state index is 13.5. The number of ether oxygens (including phenoxy) is 1. The minimum atomic E-state index is -3.87. The lowest BCUT2D eigenvalue weighted by Crippen LogP contribution is -2.45. The number of esters is 1. The van der Waals surface area contributed by atoms with Gasteiger partial charge in [-0.3, -0.25) is 9.10 Å². The molecule has 1 N–H and O–H groups in total. The normalized spacial score (nSPS) is 12.1. The average molecular weight is 394 g/mol. The molecule has 0 aliphatic carbocycles. The van der Waals surface area contributed by atoms with Crippen LogP contribution in [0.4, 0.5) is 15.8 Å². The van der Waals surface area contributed by atoms with Crippen LogP contribution in [0.25, 0.3) is 0 Å². The molecule has 0 bridgehead atoms. The van der Waals surface area contributed by atoms with Gasteiger partial charge in [0.1, 0.15) is 11.9 Å². The van der Waals surface area contributed by atoms with Gasteiger partial charge in [0.25, 0.3) is 0 Å². The van der Waals surface area contributed by atoms with Crippen molar-refractivity contribution < 1.29 is 27.1 Å². The second kappa shape index (κ2) is 8.17. The molecule has 27 heavy (non-hydrogen) atoms. The lowest BCUT2D eigenvalue weighted by molar-refractivity contribution is -0.116. The van der Waals surface area contributed by atoms with Gasteiger partial charge in [-0.05, 0) is 43.3 Å². The second-order valence-corrected chi connectivity index (χ2v) is 7.64. The Kier molecular flexibility index (Phi) is 6.17. The number of nitrogens with zero attached hydrogens (tertiary/aromatic N) is 1. The quantitative estimate of drug-likeness (QED) is 0.760. The Labute approximate surface area is 156 Å². The molecule has 7 nitrogen and oxygen atoms in total. The first-order valence-corrected chi connectivity index (χ1v) is 9.72. The van der Waals surface area contributed by atoms with Gasteiger partial charge >= 0.3 is 5.97 Å². The fourth-order valence-electron chi connectivity index (χ4n) is 2.51. The number of nitrogens with one attached hydrogen (secondary N) is 1. The van der Waals surface area contributed by atoms with Crippen molar-refractivity contribution in [3.8, 4) is 0 Å². The van der Waals surface area contributed by atoms with E-state index in [9.17, 15) is 22.4 Å². The first-order valence-electron chi connectivity index (χ1n) is 7.87. The molecule has 0 saturated carbocycles. The van der Waals surface area contributed by atoms with Gasteiger partial charge in [-0.15, -0.1) is 0 Å². The van der Waals surface area contributed by atoms with Crippen LogP contribution >= 0.6 is 0 Å². The molecular weight excluding hydrogens is 375 g/mol. The number of carbonyl (C=O) groups is 2. The number of sulfonamides is 1. The van der Waals surface area contributed by atoms with E-state index >= 15 is 0 Å². The van der Waals surface area contributed by atoms with Crippen LogP contribution in [0.1, 0.15) is 17.3 Å². The Morgan fingerprint density at radius 1 is 1.15 bits per heavy atom. The predicted octanol–water partition coefficient (Wildman–Crippen LogP) is 2.41. The number of benzene rings is 2. The van der Waals surface area contributed by atoms with Crippen LogP contribution in [-0.4, -0.2) is 39.7 Å². The van der Waals surface area contributed by atoms with Crippen molar-refractivity contribution in [1.82, 2.24) is 0 Å². The second-order valence-electron chi connectivity index (χ2n) is 5.78. The van der Waals surface area contributed by atoms with Crippen molar-refractivity contribution >= 4 is 33.3 Å². The van der Waals surface area contributed by atoms with Crippen molar-refractivity contribution in [1.29, 1.82) is 0 Å². The van der Waals surface area contributed by atoms with Crippen molar-refractivity contribution in [3.63, 3.8) is 0 Å². The van der Waals surface area contributed by atoms with E-state index in [1.807, 2.05) is 0 Å². The summed E-state index contributed by atoms with van der Waals surface area (Å²) in [5.41, 5.74) is 0.555. The minimum Gasteiger partial charge on any atom is -0.465 e. The Hall–Kier alpha value is -2.94. The molecule has 2 aromatic rings. The molecule has 0 aliphatic heterocycles. The van der Waals surface area contributed by atoms with Crippen molar-refractivity contribution in [2.75, 3.05) is 23.0 Å². The van der Waals surface area contributed by atoms with Crippen LogP contribution in [0.3, 0.4) is 0 Å². The zero-order valence-electron chi connectivity index (χ0n) is 15.0. The number of hydrogen-bond acceptors (Lipinski definition) is 5. The fourth-order valence-corrected chi connectivity index (χ4v) is 3.68. The number of rotatable bonds is 6. The summed E-state index contributed by atoms with van der Waals surface area (Å²) in [7, 11) is -2.63. The van der Waals surface area contributed by atoms with E-state index in [0.29, 0.717) is 5.69 Å². The Bertz CT molecular complexity index is 962. The third kappa shape index (κ3) is 5.04. The monoisotopic (exact) mass is 394 g/mol. The van der Waals surface area contributed by atoms with Gasteiger partial charge in [0.05, 0.1) is 24.6 Å². The van der Waals surface area contributed by atoms with Gasteiger partial charge in [0.15, 0.2) is 0 Å². The Morgan fingerprint density at radius 3 is 2.41 bits per heavy atom. The van der Waals surface area contributed by atoms with Crippen molar-refractivity contribution in [2.45, 2.75) is 13.0 Å². The SMILES string of the molecule is COC(=O)c1cccc(NC(=O)C(C)N(c2cccc(F)c2)S(C)(=O)=O)c1. The first kappa shape index (κ1) is 20.4. The highest BCUT2D eigenvalue weighted by molar-refractivity contribution is 7.92. The smallest absolute Gasteiger partial charge is 0.337 e. The van der Waals surface area contributed by atoms with Gasteiger partial charge in [-0.25, -0.2) is 17.6 Å². The maximum absolute atomic E-state index is 13.5. The number of amides is 1. The number of methoxy groups -OCH3 is 1. The Balaban J connectivity index is 2.29. The molecule has 0 heterocycles. The summed E-state index contributed by atoms with van der Waals surface area (Å²) >= 11 is 0. The van der Waals surface area contributed by atoms with Crippen molar-refractivity contribution in [2.24, 2.45) is 0 Å². The minimum absolute atomic E-state index is 0.0310.